The van der Waals surface area contributed by atoms with Crippen molar-refractivity contribution in [1.82, 2.24) is 15.1 Å². The van der Waals surface area contributed by atoms with Crippen molar-refractivity contribution in [3.05, 3.63) is 41.6 Å². The summed E-state index contributed by atoms with van der Waals surface area (Å²) in [7, 11) is 0. The van der Waals surface area contributed by atoms with Crippen LogP contribution in [-0.4, -0.2) is 16.3 Å². The number of rotatable bonds is 7. The van der Waals surface area contributed by atoms with Gasteiger partial charge in [-0.05, 0) is 38.1 Å². The molecule has 0 aliphatic carbocycles. The van der Waals surface area contributed by atoms with Gasteiger partial charge in [0.05, 0.1) is 18.0 Å². The second-order valence-corrected chi connectivity index (χ2v) is 4.63. The van der Waals surface area contributed by atoms with Gasteiger partial charge >= 0.3 is 0 Å². The van der Waals surface area contributed by atoms with Crippen LogP contribution in [0.4, 0.5) is 0 Å². The largest absolute Gasteiger partial charge is 0.468 e. The first kappa shape index (κ1) is 13.9. The van der Waals surface area contributed by atoms with Crippen LogP contribution in [0.1, 0.15) is 44.0 Å². The quantitative estimate of drug-likeness (QED) is 0.833. The number of aromatic nitrogens is 2. The maximum absolute atomic E-state index is 5.53. The molecule has 0 aliphatic heterocycles. The van der Waals surface area contributed by atoms with E-state index in [1.165, 1.54) is 5.69 Å². The minimum Gasteiger partial charge on any atom is -0.468 e. The molecule has 1 N–H and O–H groups in total. The van der Waals surface area contributed by atoms with Gasteiger partial charge in [-0.25, -0.2) is 0 Å². The summed E-state index contributed by atoms with van der Waals surface area (Å²) >= 11 is 0. The molecule has 2 aromatic rings. The van der Waals surface area contributed by atoms with Gasteiger partial charge in [-0.15, -0.1) is 0 Å². The average molecular weight is 261 g/mol. The first-order chi connectivity index (χ1) is 9.28. The minimum absolute atomic E-state index is 0.215. The Labute approximate surface area is 114 Å². The molecule has 2 rings (SSSR count). The van der Waals surface area contributed by atoms with Crippen molar-refractivity contribution in [1.29, 1.82) is 0 Å². The predicted octanol–water partition coefficient (Wildman–Crippen LogP) is 2.95. The summed E-state index contributed by atoms with van der Waals surface area (Å²) < 4.78 is 7.62. The number of hydrogen-bond acceptors (Lipinski definition) is 3. The zero-order chi connectivity index (χ0) is 13.7. The van der Waals surface area contributed by atoms with Gasteiger partial charge in [-0.3, -0.25) is 4.68 Å². The van der Waals surface area contributed by atoms with Crippen molar-refractivity contribution in [2.75, 3.05) is 6.54 Å². The average Bonchev–Trinajstić information content (AvgIpc) is 3.07. The predicted molar refractivity (Wildman–Crippen MR) is 76.1 cm³/mol. The molecule has 2 aromatic heterocycles. The zero-order valence-corrected chi connectivity index (χ0v) is 12.0. The van der Waals surface area contributed by atoms with Crippen LogP contribution in [0.25, 0.3) is 0 Å². The molecule has 0 fully saturated rings. The Morgan fingerprint density at radius 3 is 2.79 bits per heavy atom. The van der Waals surface area contributed by atoms with Crippen LogP contribution in [0.2, 0.25) is 0 Å². The highest BCUT2D eigenvalue weighted by atomic mass is 16.3. The van der Waals surface area contributed by atoms with Crippen LogP contribution >= 0.6 is 0 Å². The van der Waals surface area contributed by atoms with E-state index >= 15 is 0 Å². The van der Waals surface area contributed by atoms with Crippen molar-refractivity contribution in [2.24, 2.45) is 0 Å². The van der Waals surface area contributed by atoms with Gasteiger partial charge in [0.1, 0.15) is 5.76 Å². The van der Waals surface area contributed by atoms with Crippen LogP contribution in [-0.2, 0) is 19.4 Å². The van der Waals surface area contributed by atoms with Crippen LogP contribution < -0.4 is 5.32 Å². The fourth-order valence-electron chi connectivity index (χ4n) is 2.34. The second-order valence-electron chi connectivity index (χ2n) is 4.63. The lowest BCUT2D eigenvalue weighted by Crippen LogP contribution is -2.23. The maximum Gasteiger partial charge on any atom is 0.121 e. The molecule has 0 amide bonds. The Morgan fingerprint density at radius 2 is 2.21 bits per heavy atom. The number of hydrogen-bond donors (Lipinski definition) is 1. The third kappa shape index (κ3) is 3.26. The van der Waals surface area contributed by atoms with E-state index < -0.39 is 0 Å². The van der Waals surface area contributed by atoms with Gasteiger partial charge < -0.3 is 9.73 Å². The topological polar surface area (TPSA) is 43.0 Å². The number of nitrogens with one attached hydrogen (secondary N) is 1. The van der Waals surface area contributed by atoms with Crippen LogP contribution in [0.15, 0.2) is 28.9 Å². The fourth-order valence-corrected chi connectivity index (χ4v) is 2.34. The standard InChI is InChI=1S/C15H23N3O/c1-4-12-10-13(18(6-3)17-12)11-14(16-5-2)15-8-7-9-19-15/h7-10,14,16H,4-6,11H2,1-3H3. The molecule has 0 saturated carbocycles. The molecular weight excluding hydrogens is 238 g/mol. The molecule has 0 radical (unpaired) electrons. The zero-order valence-electron chi connectivity index (χ0n) is 12.0. The van der Waals surface area contributed by atoms with E-state index in [-0.39, 0.29) is 6.04 Å². The summed E-state index contributed by atoms with van der Waals surface area (Å²) in [5, 5.41) is 8.08. The molecule has 0 aromatic carbocycles. The first-order valence-electron chi connectivity index (χ1n) is 7.10. The van der Waals surface area contributed by atoms with Gasteiger partial charge in [0.15, 0.2) is 0 Å². The lowest BCUT2D eigenvalue weighted by molar-refractivity contribution is 0.408. The van der Waals surface area contributed by atoms with Gasteiger partial charge in [0.25, 0.3) is 0 Å². The molecule has 0 spiro atoms. The molecule has 104 valence electrons. The van der Waals surface area contributed by atoms with E-state index in [0.717, 1.165) is 37.4 Å². The maximum atomic E-state index is 5.53. The fraction of sp³-hybridized carbons (Fsp3) is 0.533. The van der Waals surface area contributed by atoms with Crippen LogP contribution in [0.5, 0.6) is 0 Å². The Kier molecular flexibility index (Phi) is 4.80. The Hall–Kier alpha value is -1.55. The van der Waals surface area contributed by atoms with E-state index in [0.29, 0.717) is 0 Å². The van der Waals surface area contributed by atoms with E-state index in [9.17, 15) is 0 Å². The molecule has 0 saturated heterocycles. The Bertz CT molecular complexity index is 487. The summed E-state index contributed by atoms with van der Waals surface area (Å²) in [5.41, 5.74) is 2.42. The first-order valence-corrected chi connectivity index (χ1v) is 7.10. The smallest absolute Gasteiger partial charge is 0.121 e. The van der Waals surface area contributed by atoms with Crippen LogP contribution in [0.3, 0.4) is 0 Å². The lowest BCUT2D eigenvalue weighted by atomic mass is 10.1. The van der Waals surface area contributed by atoms with Gasteiger partial charge in [0, 0.05) is 18.7 Å². The summed E-state index contributed by atoms with van der Waals surface area (Å²) in [4.78, 5) is 0. The third-order valence-electron chi connectivity index (χ3n) is 3.33. The highest BCUT2D eigenvalue weighted by molar-refractivity contribution is 5.15. The minimum atomic E-state index is 0.215. The molecule has 1 unspecified atom stereocenters. The number of aryl methyl sites for hydroxylation is 2. The van der Waals surface area contributed by atoms with Gasteiger partial charge in [-0.1, -0.05) is 13.8 Å². The lowest BCUT2D eigenvalue weighted by Gasteiger charge is -2.16. The molecule has 4 nitrogen and oxygen atoms in total. The summed E-state index contributed by atoms with van der Waals surface area (Å²) in [5.74, 6) is 0.990. The molecule has 0 bridgehead atoms. The van der Waals surface area contributed by atoms with Crippen LogP contribution in [0, 0.1) is 0 Å². The third-order valence-corrected chi connectivity index (χ3v) is 3.33. The van der Waals surface area contributed by atoms with Gasteiger partial charge in [-0.2, -0.15) is 5.10 Å². The van der Waals surface area contributed by atoms with Gasteiger partial charge in [0.2, 0.25) is 0 Å². The van der Waals surface area contributed by atoms with Crippen molar-refractivity contribution >= 4 is 0 Å². The van der Waals surface area contributed by atoms with Crippen molar-refractivity contribution in [3.8, 4) is 0 Å². The SMILES string of the molecule is CCNC(Cc1cc(CC)nn1CC)c1ccco1. The molecular formula is C15H23N3O. The van der Waals surface area contributed by atoms with Crippen molar-refractivity contribution < 1.29 is 4.42 Å². The summed E-state index contributed by atoms with van der Waals surface area (Å²) in [6.45, 7) is 8.22. The van der Waals surface area contributed by atoms with Crippen molar-refractivity contribution in [2.45, 2.75) is 46.2 Å². The molecule has 4 heteroatoms. The number of likely N-dealkylation sites (N-methyl/N-ethyl adjacent to an activating group) is 1. The normalized spacial score (nSPS) is 12.8. The number of furan rings is 1. The highest BCUT2D eigenvalue weighted by Crippen LogP contribution is 2.19. The molecule has 2 heterocycles. The highest BCUT2D eigenvalue weighted by Gasteiger charge is 2.17. The molecule has 19 heavy (non-hydrogen) atoms. The van der Waals surface area contributed by atoms with E-state index in [1.54, 1.807) is 6.26 Å². The second kappa shape index (κ2) is 6.57. The van der Waals surface area contributed by atoms with Crippen molar-refractivity contribution in [3.63, 3.8) is 0 Å². The molecule has 1 atom stereocenters. The van der Waals surface area contributed by atoms with E-state index in [1.807, 2.05) is 12.1 Å². The summed E-state index contributed by atoms with van der Waals surface area (Å²) in [6, 6.07) is 6.39. The Balaban J connectivity index is 2.19. The number of nitrogens with zero attached hydrogens (tertiary/aromatic N) is 2. The monoisotopic (exact) mass is 261 g/mol. The van der Waals surface area contributed by atoms with E-state index in [4.69, 9.17) is 4.42 Å². The van der Waals surface area contributed by atoms with E-state index in [2.05, 4.69) is 41.9 Å². The Morgan fingerprint density at radius 1 is 1.37 bits per heavy atom. The molecule has 0 aliphatic rings. The summed E-state index contributed by atoms with van der Waals surface area (Å²) in [6.07, 6.45) is 3.61.